The molecule has 2 aromatic rings. The first-order valence-electron chi connectivity index (χ1n) is 15.1. The highest BCUT2D eigenvalue weighted by molar-refractivity contribution is 5.85. The third kappa shape index (κ3) is 6.39. The van der Waals surface area contributed by atoms with Crippen LogP contribution in [0.2, 0.25) is 0 Å². The first-order chi connectivity index (χ1) is 19.2. The Hall–Kier alpha value is -2.04. The van der Waals surface area contributed by atoms with Crippen molar-refractivity contribution in [2.24, 2.45) is 11.8 Å². The van der Waals surface area contributed by atoms with Crippen LogP contribution in [0.1, 0.15) is 88.4 Å². The average Bonchev–Trinajstić information content (AvgIpc) is 3.49. The first-order valence-corrected chi connectivity index (χ1v) is 15.1. The fourth-order valence-electron chi connectivity index (χ4n) is 7.51. The number of alkyl halides is 3. The number of hydrogen-bond donors (Lipinski definition) is 1. The van der Waals surface area contributed by atoms with E-state index in [2.05, 4.69) is 9.88 Å². The molecule has 6 rings (SSSR count). The fraction of sp³-hybridized carbons (Fsp3) is 0.767. The average molecular weight is 563 g/mol. The van der Waals surface area contributed by atoms with Crippen molar-refractivity contribution in [3.8, 4) is 5.88 Å². The summed E-state index contributed by atoms with van der Waals surface area (Å²) in [4.78, 5) is 16.8. The molecule has 220 valence electrons. The van der Waals surface area contributed by atoms with Gasteiger partial charge in [0.1, 0.15) is 11.9 Å². The zero-order chi connectivity index (χ0) is 27.9. The van der Waals surface area contributed by atoms with Gasteiger partial charge in [-0.25, -0.2) is 15.0 Å². The molecule has 2 bridgehead atoms. The van der Waals surface area contributed by atoms with Gasteiger partial charge in [0, 0.05) is 56.0 Å². The van der Waals surface area contributed by atoms with Gasteiger partial charge in [-0.3, -0.25) is 4.90 Å². The highest BCUT2D eigenvalue weighted by Gasteiger charge is 2.43. The van der Waals surface area contributed by atoms with Gasteiger partial charge in [0.2, 0.25) is 5.88 Å². The summed E-state index contributed by atoms with van der Waals surface area (Å²) in [7, 11) is 0. The summed E-state index contributed by atoms with van der Waals surface area (Å²) in [6.07, 6.45) is 6.97. The summed E-state index contributed by atoms with van der Waals surface area (Å²) in [6, 6.07) is 1.03. The molecule has 1 saturated carbocycles. The van der Waals surface area contributed by atoms with E-state index in [0.717, 1.165) is 81.2 Å². The number of pyridine rings is 1. The Labute approximate surface area is 233 Å². The summed E-state index contributed by atoms with van der Waals surface area (Å²) in [5, 5.41) is 10.8. The van der Waals surface area contributed by atoms with Gasteiger partial charge in [-0.1, -0.05) is 6.92 Å². The molecule has 4 fully saturated rings. The van der Waals surface area contributed by atoms with E-state index in [4.69, 9.17) is 19.4 Å². The zero-order valence-electron chi connectivity index (χ0n) is 23.3. The molecule has 1 aliphatic carbocycles. The van der Waals surface area contributed by atoms with Crippen molar-refractivity contribution in [3.63, 3.8) is 0 Å². The van der Waals surface area contributed by atoms with Crippen LogP contribution in [-0.2, 0) is 11.2 Å². The third-order valence-electron chi connectivity index (χ3n) is 9.52. The highest BCUT2D eigenvalue weighted by atomic mass is 19.4. The summed E-state index contributed by atoms with van der Waals surface area (Å²) < 4.78 is 51.1. The second kappa shape index (κ2) is 11.7. The minimum Gasteiger partial charge on any atom is -0.474 e. The van der Waals surface area contributed by atoms with E-state index in [0.29, 0.717) is 29.7 Å². The second-order valence-electron chi connectivity index (χ2n) is 12.7. The minimum absolute atomic E-state index is 0.0615. The first kappa shape index (κ1) is 28.1. The molecule has 3 saturated heterocycles. The molecule has 5 heterocycles. The van der Waals surface area contributed by atoms with Crippen molar-refractivity contribution in [3.05, 3.63) is 23.8 Å². The second-order valence-corrected chi connectivity index (χ2v) is 12.7. The van der Waals surface area contributed by atoms with Crippen molar-refractivity contribution in [1.29, 1.82) is 0 Å². The van der Waals surface area contributed by atoms with Gasteiger partial charge in [-0.2, -0.15) is 13.2 Å². The lowest BCUT2D eigenvalue weighted by Gasteiger charge is -2.39. The normalized spacial score (nSPS) is 32.0. The maximum absolute atomic E-state index is 13.0. The number of nitrogens with zero attached hydrogens (tertiary/aromatic N) is 4. The fourth-order valence-corrected chi connectivity index (χ4v) is 7.51. The Kier molecular flexibility index (Phi) is 8.21. The predicted molar refractivity (Wildman–Crippen MR) is 144 cm³/mol. The van der Waals surface area contributed by atoms with Crippen LogP contribution in [0.15, 0.2) is 12.4 Å². The van der Waals surface area contributed by atoms with Crippen molar-refractivity contribution in [1.82, 2.24) is 19.9 Å². The standard InChI is InChI=1S/C30H41F3N4O3/c1-18(13-30(31,32)33)10-27-34-15-26-28(36-27)25(20-2-6-23(38)7-3-20)14-35-29(26)40-24-11-21-4-5-22(12-24)37(21)16-19-8-9-39-17-19/h14-15,18-24,38H,2-13,16-17H2,1H3/t18-,19+,20?,21-,22+,23?,24?/m1/s1. The summed E-state index contributed by atoms with van der Waals surface area (Å²) in [6.45, 7) is 4.44. The largest absolute Gasteiger partial charge is 0.474 e. The Bertz CT molecular complexity index is 1150. The van der Waals surface area contributed by atoms with Crippen LogP contribution in [0.4, 0.5) is 13.2 Å². The Morgan fingerprint density at radius 1 is 1.05 bits per heavy atom. The number of piperidine rings is 1. The van der Waals surface area contributed by atoms with Crippen LogP contribution in [0.5, 0.6) is 5.88 Å². The van der Waals surface area contributed by atoms with Crippen molar-refractivity contribution >= 4 is 10.9 Å². The van der Waals surface area contributed by atoms with Crippen molar-refractivity contribution in [2.75, 3.05) is 19.8 Å². The molecule has 2 aromatic heterocycles. The smallest absolute Gasteiger partial charge is 0.389 e. The number of aromatic nitrogens is 3. The number of halogens is 3. The minimum atomic E-state index is -4.21. The maximum atomic E-state index is 13.0. The molecule has 3 aliphatic heterocycles. The van der Waals surface area contributed by atoms with Gasteiger partial charge < -0.3 is 14.6 Å². The number of aliphatic hydroxyl groups is 1. The van der Waals surface area contributed by atoms with Crippen LogP contribution in [0, 0.1) is 11.8 Å². The molecule has 1 N–H and O–H groups in total. The number of fused-ring (bicyclic) bond motifs is 3. The van der Waals surface area contributed by atoms with Gasteiger partial charge in [0.25, 0.3) is 0 Å². The zero-order valence-corrected chi connectivity index (χ0v) is 23.3. The van der Waals surface area contributed by atoms with E-state index in [1.54, 1.807) is 13.1 Å². The van der Waals surface area contributed by atoms with Gasteiger partial charge in [-0.05, 0) is 75.5 Å². The summed E-state index contributed by atoms with van der Waals surface area (Å²) in [5.41, 5.74) is 1.72. The van der Waals surface area contributed by atoms with E-state index < -0.39 is 18.5 Å². The number of hydrogen-bond acceptors (Lipinski definition) is 7. The van der Waals surface area contributed by atoms with E-state index in [9.17, 15) is 18.3 Å². The van der Waals surface area contributed by atoms with Gasteiger partial charge in [0.15, 0.2) is 0 Å². The molecule has 0 radical (unpaired) electrons. The lowest BCUT2D eigenvalue weighted by Crippen LogP contribution is -2.48. The molecule has 5 atom stereocenters. The molecule has 0 aromatic carbocycles. The van der Waals surface area contributed by atoms with E-state index in [-0.39, 0.29) is 24.5 Å². The topological polar surface area (TPSA) is 80.6 Å². The molecule has 4 aliphatic rings. The molecule has 10 heteroatoms. The van der Waals surface area contributed by atoms with Crippen LogP contribution < -0.4 is 4.74 Å². The molecule has 40 heavy (non-hydrogen) atoms. The number of rotatable bonds is 8. The molecular formula is C30H41F3N4O3. The third-order valence-corrected chi connectivity index (χ3v) is 9.52. The summed E-state index contributed by atoms with van der Waals surface area (Å²) in [5.74, 6) is 1.15. The van der Waals surface area contributed by atoms with Crippen LogP contribution in [0.25, 0.3) is 10.9 Å². The van der Waals surface area contributed by atoms with E-state index >= 15 is 0 Å². The van der Waals surface area contributed by atoms with Crippen LogP contribution in [-0.4, -0.2) is 75.2 Å². The maximum Gasteiger partial charge on any atom is 0.389 e. The predicted octanol–water partition coefficient (Wildman–Crippen LogP) is 5.59. The molecule has 7 nitrogen and oxygen atoms in total. The van der Waals surface area contributed by atoms with Crippen molar-refractivity contribution < 1.29 is 27.8 Å². The SMILES string of the molecule is C[C@H](Cc1ncc2c(OC3C[C@H]4CC[C@@H](C3)N4C[C@@H]3CCOC3)ncc(C3CCC(O)CC3)c2n1)CC(F)(F)F. The van der Waals surface area contributed by atoms with Gasteiger partial charge in [-0.15, -0.1) is 0 Å². The lowest BCUT2D eigenvalue weighted by atomic mass is 9.82. The Morgan fingerprint density at radius 3 is 2.48 bits per heavy atom. The summed E-state index contributed by atoms with van der Waals surface area (Å²) >= 11 is 0. The van der Waals surface area contributed by atoms with Crippen LogP contribution in [0.3, 0.4) is 0 Å². The van der Waals surface area contributed by atoms with Crippen molar-refractivity contribution in [2.45, 2.75) is 114 Å². The monoisotopic (exact) mass is 562 g/mol. The lowest BCUT2D eigenvalue weighted by molar-refractivity contribution is -0.143. The van der Waals surface area contributed by atoms with E-state index in [1.165, 1.54) is 12.8 Å². The molecule has 0 spiro atoms. The van der Waals surface area contributed by atoms with E-state index in [1.807, 2.05) is 6.20 Å². The van der Waals surface area contributed by atoms with Crippen LogP contribution >= 0.6 is 0 Å². The number of ether oxygens (including phenoxy) is 2. The molecule has 1 unspecified atom stereocenters. The number of aliphatic hydroxyl groups excluding tert-OH is 1. The highest BCUT2D eigenvalue weighted by Crippen LogP contribution is 2.41. The Balaban J connectivity index is 1.22. The quantitative estimate of drug-likeness (QED) is 0.450. The molecule has 0 amide bonds. The molecular weight excluding hydrogens is 521 g/mol. The Morgan fingerprint density at radius 2 is 1.80 bits per heavy atom. The van der Waals surface area contributed by atoms with Gasteiger partial charge >= 0.3 is 6.18 Å². The van der Waals surface area contributed by atoms with Gasteiger partial charge in [0.05, 0.1) is 23.6 Å².